The third-order valence-corrected chi connectivity index (χ3v) is 1.73. The minimum absolute atomic E-state index is 0.0185. The summed E-state index contributed by atoms with van der Waals surface area (Å²) in [4.78, 5) is 0. The summed E-state index contributed by atoms with van der Waals surface area (Å²) in [5.41, 5.74) is 0. The van der Waals surface area contributed by atoms with Gasteiger partial charge in [0.25, 0.3) is 0 Å². The van der Waals surface area contributed by atoms with Crippen molar-refractivity contribution in [1.82, 2.24) is 0 Å². The third-order valence-electron chi connectivity index (χ3n) is 0.192. The molecule has 0 N–H and O–H groups in total. The van der Waals surface area contributed by atoms with Gasteiger partial charge in [-0.25, -0.2) is 0 Å². The molecule has 0 unspecified atom stereocenters. The molecule has 0 fully saturated rings. The standard InChI is InChI=1S/C3H8S2/c1-4-3-5-2/h3H2,1-2H3/i3T. The summed E-state index contributed by atoms with van der Waals surface area (Å²) in [6, 6.07) is 0. The average Bonchev–Trinajstić information content (AvgIpc) is 1.65. The van der Waals surface area contributed by atoms with Crippen LogP contribution >= 0.6 is 23.5 Å². The average molecular weight is 110 g/mol. The molecule has 0 aliphatic rings. The minimum atomic E-state index is 0.0185. The van der Waals surface area contributed by atoms with Crippen molar-refractivity contribution in [2.45, 2.75) is 0 Å². The Bertz CT molecular complexity index is 28.0. The summed E-state index contributed by atoms with van der Waals surface area (Å²) in [6.45, 7) is 0. The number of thioether (sulfide) groups is 2. The highest BCUT2D eigenvalue weighted by atomic mass is 32.2. The van der Waals surface area contributed by atoms with Crippen LogP contribution in [-0.4, -0.2) is 17.6 Å². The largest absolute Gasteiger partial charge is 0.155 e. The van der Waals surface area contributed by atoms with E-state index in [0.29, 0.717) is 0 Å². The van der Waals surface area contributed by atoms with E-state index >= 15 is 0 Å². The number of rotatable bonds is 2. The van der Waals surface area contributed by atoms with E-state index in [1.165, 1.54) is 0 Å². The fraction of sp³-hybridized carbons (Fsp3) is 1.00. The molecule has 5 heavy (non-hydrogen) atoms. The summed E-state index contributed by atoms with van der Waals surface area (Å²) in [6.07, 6.45) is 3.88. The predicted molar refractivity (Wildman–Crippen MR) is 31.9 cm³/mol. The van der Waals surface area contributed by atoms with Crippen LogP contribution in [0.25, 0.3) is 0 Å². The lowest BCUT2D eigenvalue weighted by Gasteiger charge is -1.80. The maximum absolute atomic E-state index is 7.00. The molecule has 32 valence electrons. The van der Waals surface area contributed by atoms with Crippen molar-refractivity contribution in [3.8, 4) is 0 Å². The van der Waals surface area contributed by atoms with Gasteiger partial charge in [0.05, 0.1) is 0 Å². The van der Waals surface area contributed by atoms with E-state index in [0.717, 1.165) is 0 Å². The first-order valence-corrected chi connectivity index (χ1v) is 3.86. The zero-order chi connectivity index (χ0) is 4.99. The van der Waals surface area contributed by atoms with Gasteiger partial charge in [-0.15, -0.1) is 0 Å². The van der Waals surface area contributed by atoms with Crippen molar-refractivity contribution < 1.29 is 1.37 Å². The van der Waals surface area contributed by atoms with E-state index in [1.54, 1.807) is 23.5 Å². The van der Waals surface area contributed by atoms with Gasteiger partial charge in [-0.05, 0) is 12.5 Å². The highest BCUT2D eigenvalue weighted by Crippen LogP contribution is 2.01. The molecular formula is C3H8S2. The molecule has 0 aromatic carbocycles. The fourth-order valence-electron chi connectivity index (χ4n) is 0.0962. The Labute approximate surface area is 43.1 Å². The Morgan fingerprint density at radius 3 is 2.00 bits per heavy atom. The van der Waals surface area contributed by atoms with Crippen LogP contribution in [0.15, 0.2) is 0 Å². The Morgan fingerprint density at radius 1 is 1.60 bits per heavy atom. The van der Waals surface area contributed by atoms with Gasteiger partial charge < -0.3 is 0 Å². The van der Waals surface area contributed by atoms with Gasteiger partial charge >= 0.3 is 0 Å². The van der Waals surface area contributed by atoms with E-state index in [1.807, 2.05) is 12.5 Å². The minimum Gasteiger partial charge on any atom is -0.155 e. The van der Waals surface area contributed by atoms with Crippen LogP contribution in [0.5, 0.6) is 0 Å². The van der Waals surface area contributed by atoms with Crippen LogP contribution in [0.1, 0.15) is 1.37 Å². The molecule has 0 rings (SSSR count). The lowest BCUT2D eigenvalue weighted by Crippen LogP contribution is -1.56. The second-order valence-electron chi connectivity index (χ2n) is 0.568. The molecule has 0 amide bonds. The molecule has 0 saturated heterocycles. The van der Waals surface area contributed by atoms with E-state index in [2.05, 4.69) is 0 Å². The molecule has 0 bridgehead atoms. The molecule has 0 heterocycles. The molecule has 2 heteroatoms. The lowest BCUT2D eigenvalue weighted by atomic mass is 11.9. The van der Waals surface area contributed by atoms with Gasteiger partial charge in [0.2, 0.25) is 0 Å². The molecule has 0 aliphatic carbocycles. The van der Waals surface area contributed by atoms with Crippen molar-refractivity contribution in [2.24, 2.45) is 0 Å². The molecular weight excluding hydrogens is 100 g/mol. The second-order valence-corrected chi connectivity index (χ2v) is 2.28. The second kappa shape index (κ2) is 4.70. The summed E-state index contributed by atoms with van der Waals surface area (Å²) >= 11 is 3.11. The highest BCUT2D eigenvalue weighted by Gasteiger charge is 1.67. The molecule has 0 radical (unpaired) electrons. The lowest BCUT2D eigenvalue weighted by molar-refractivity contribution is 2.20. The smallest absolute Gasteiger partial charge is 0.0495 e. The maximum atomic E-state index is 7.00. The molecule has 0 spiro atoms. The zero-order valence-corrected chi connectivity index (χ0v) is 5.03. The Balaban J connectivity index is 2.75. The quantitative estimate of drug-likeness (QED) is 0.496. The van der Waals surface area contributed by atoms with Crippen molar-refractivity contribution in [2.75, 3.05) is 17.6 Å². The highest BCUT2D eigenvalue weighted by molar-refractivity contribution is 8.15. The molecule has 0 nitrogen and oxygen atoms in total. The van der Waals surface area contributed by atoms with Crippen molar-refractivity contribution in [3.63, 3.8) is 0 Å². The van der Waals surface area contributed by atoms with Crippen LogP contribution < -0.4 is 0 Å². The molecule has 0 aromatic rings. The van der Waals surface area contributed by atoms with E-state index in [9.17, 15) is 0 Å². The predicted octanol–water partition coefficient (Wildman–Crippen LogP) is 1.67. The summed E-state index contributed by atoms with van der Waals surface area (Å²) in [7, 11) is 0. The van der Waals surface area contributed by atoms with Gasteiger partial charge in [-0.3, -0.25) is 0 Å². The first-order valence-electron chi connectivity index (χ1n) is 1.87. The van der Waals surface area contributed by atoms with Gasteiger partial charge in [-0.2, -0.15) is 23.5 Å². The van der Waals surface area contributed by atoms with E-state index in [4.69, 9.17) is 1.37 Å². The molecule has 0 aliphatic heterocycles. The first-order chi connectivity index (χ1) is 2.81. The Hall–Kier alpha value is 0.700. The van der Waals surface area contributed by atoms with Crippen LogP contribution in [0, 0.1) is 0 Å². The zero-order valence-electron chi connectivity index (χ0n) is 4.39. The monoisotopic (exact) mass is 110 g/mol. The number of hydrogen-bond acceptors (Lipinski definition) is 2. The summed E-state index contributed by atoms with van der Waals surface area (Å²) in [5, 5.41) is 0.0185. The normalized spacial score (nSPS) is 12.2. The SMILES string of the molecule is [3H]C(SC)SC. The third kappa shape index (κ3) is 4.70. The summed E-state index contributed by atoms with van der Waals surface area (Å²) < 4.78 is 7.00. The summed E-state index contributed by atoms with van der Waals surface area (Å²) in [5.74, 6) is 0. The van der Waals surface area contributed by atoms with E-state index < -0.39 is 0 Å². The molecule has 0 atom stereocenters. The molecule has 0 saturated carbocycles. The Morgan fingerprint density at radius 2 is 2.00 bits per heavy atom. The maximum Gasteiger partial charge on any atom is 0.0495 e. The first kappa shape index (κ1) is 3.88. The molecule has 0 aromatic heterocycles. The van der Waals surface area contributed by atoms with Gasteiger partial charge in [0.15, 0.2) is 0 Å². The van der Waals surface area contributed by atoms with Crippen LogP contribution in [0.3, 0.4) is 0 Å². The van der Waals surface area contributed by atoms with Crippen molar-refractivity contribution >= 4 is 23.5 Å². The van der Waals surface area contributed by atoms with Crippen molar-refractivity contribution in [1.29, 1.82) is 0 Å². The topological polar surface area (TPSA) is 0 Å². The van der Waals surface area contributed by atoms with Gasteiger partial charge in [-0.1, -0.05) is 0 Å². The number of hydrogen-bond donors (Lipinski definition) is 0. The van der Waals surface area contributed by atoms with Crippen LogP contribution in [0.4, 0.5) is 0 Å². The Kier molecular flexibility index (Phi) is 3.64. The van der Waals surface area contributed by atoms with Crippen LogP contribution in [-0.2, 0) is 0 Å². The van der Waals surface area contributed by atoms with Crippen LogP contribution in [0.2, 0.25) is 0 Å². The van der Waals surface area contributed by atoms with E-state index in [-0.39, 0.29) is 5.06 Å². The van der Waals surface area contributed by atoms with Crippen molar-refractivity contribution in [3.05, 3.63) is 0 Å². The fourth-order valence-corrected chi connectivity index (χ4v) is 0.866. The van der Waals surface area contributed by atoms with Gasteiger partial charge in [0, 0.05) is 6.43 Å². The van der Waals surface area contributed by atoms with Gasteiger partial charge in [0.1, 0.15) is 0 Å².